The number of benzene rings is 1. The molecule has 2 N–H and O–H groups in total. The number of carboxylic acid groups (broad SMARTS) is 1. The molecule has 0 saturated carbocycles. The summed E-state index contributed by atoms with van der Waals surface area (Å²) in [5, 5.41) is 12.1. The predicted octanol–water partition coefficient (Wildman–Crippen LogP) is 2.16. The highest BCUT2D eigenvalue weighted by molar-refractivity contribution is 5.85. The fraction of sp³-hybridized carbons (Fsp3) is 0.200. The third-order valence-electron chi connectivity index (χ3n) is 3.04. The van der Waals surface area contributed by atoms with Crippen molar-refractivity contribution >= 4 is 11.7 Å². The van der Waals surface area contributed by atoms with E-state index in [1.54, 1.807) is 12.1 Å². The molecule has 0 amide bonds. The van der Waals surface area contributed by atoms with Crippen molar-refractivity contribution in [1.82, 2.24) is 4.98 Å². The highest BCUT2D eigenvalue weighted by Crippen LogP contribution is 2.32. The monoisotopic (exact) mass is 286 g/mol. The lowest BCUT2D eigenvalue weighted by molar-refractivity contribution is 0.0690. The van der Waals surface area contributed by atoms with E-state index >= 15 is 0 Å². The van der Waals surface area contributed by atoms with Gasteiger partial charge in [0.25, 0.3) is 0 Å². The van der Waals surface area contributed by atoms with Crippen LogP contribution in [0.15, 0.2) is 36.4 Å². The molecule has 108 valence electrons. The maximum absolute atomic E-state index is 10.9. The molecule has 2 heterocycles. The van der Waals surface area contributed by atoms with Gasteiger partial charge in [0.05, 0.1) is 12.2 Å². The first-order valence-corrected chi connectivity index (χ1v) is 6.55. The van der Waals surface area contributed by atoms with Crippen LogP contribution in [-0.4, -0.2) is 29.3 Å². The zero-order valence-electron chi connectivity index (χ0n) is 11.2. The Morgan fingerprint density at radius 1 is 1.19 bits per heavy atom. The maximum atomic E-state index is 10.9. The molecule has 1 aliphatic heterocycles. The van der Waals surface area contributed by atoms with Crippen LogP contribution in [-0.2, 0) is 6.54 Å². The van der Waals surface area contributed by atoms with Gasteiger partial charge < -0.3 is 19.9 Å². The average Bonchev–Trinajstić information content (AvgIpc) is 2.53. The number of aromatic nitrogens is 1. The van der Waals surface area contributed by atoms with E-state index in [1.807, 2.05) is 18.2 Å². The summed E-state index contributed by atoms with van der Waals surface area (Å²) >= 11 is 0. The molecule has 0 unspecified atom stereocenters. The van der Waals surface area contributed by atoms with Crippen LogP contribution in [0.1, 0.15) is 16.2 Å². The Labute approximate surface area is 121 Å². The minimum Gasteiger partial charge on any atom is -0.486 e. The van der Waals surface area contributed by atoms with E-state index in [2.05, 4.69) is 10.3 Å². The summed E-state index contributed by atoms with van der Waals surface area (Å²) in [5.41, 5.74) is 1.56. The Balaban J connectivity index is 1.70. The number of rotatable bonds is 4. The van der Waals surface area contributed by atoms with Crippen LogP contribution in [0.25, 0.3) is 0 Å². The van der Waals surface area contributed by atoms with Crippen LogP contribution in [0.4, 0.5) is 5.69 Å². The molecule has 0 saturated heterocycles. The van der Waals surface area contributed by atoms with E-state index in [-0.39, 0.29) is 5.69 Å². The van der Waals surface area contributed by atoms with E-state index in [4.69, 9.17) is 14.6 Å². The van der Waals surface area contributed by atoms with Gasteiger partial charge in [-0.15, -0.1) is 0 Å². The van der Waals surface area contributed by atoms with E-state index < -0.39 is 5.97 Å². The van der Waals surface area contributed by atoms with Gasteiger partial charge >= 0.3 is 5.97 Å². The van der Waals surface area contributed by atoms with Crippen molar-refractivity contribution < 1.29 is 19.4 Å². The molecule has 1 aromatic carbocycles. The molecule has 6 heteroatoms. The summed E-state index contributed by atoms with van der Waals surface area (Å²) in [7, 11) is 0. The molecule has 6 nitrogen and oxygen atoms in total. The number of carbonyl (C=O) groups is 1. The number of ether oxygens (including phenoxy) is 2. The summed E-state index contributed by atoms with van der Waals surface area (Å²) in [5.74, 6) is 0.410. The predicted molar refractivity (Wildman–Crippen MR) is 76.0 cm³/mol. The minimum atomic E-state index is -1.03. The van der Waals surface area contributed by atoms with Crippen LogP contribution in [0.2, 0.25) is 0 Å². The largest absolute Gasteiger partial charge is 0.486 e. The Bertz CT molecular complexity index is 672. The third kappa shape index (κ3) is 3.05. The first-order valence-electron chi connectivity index (χ1n) is 6.55. The average molecular weight is 286 g/mol. The number of nitrogens with one attached hydrogen (secondary N) is 1. The highest BCUT2D eigenvalue weighted by atomic mass is 16.6. The number of pyridine rings is 1. The molecule has 3 rings (SSSR count). The lowest BCUT2D eigenvalue weighted by Crippen LogP contribution is -2.15. The fourth-order valence-electron chi connectivity index (χ4n) is 2.04. The number of carboxylic acids is 1. The number of nitrogens with zero attached hydrogens (tertiary/aromatic N) is 1. The lowest BCUT2D eigenvalue weighted by Gasteiger charge is -2.19. The topological polar surface area (TPSA) is 80.7 Å². The van der Waals surface area contributed by atoms with E-state index in [9.17, 15) is 4.79 Å². The molecule has 0 radical (unpaired) electrons. The van der Waals surface area contributed by atoms with E-state index in [0.717, 1.165) is 11.4 Å². The standard InChI is InChI=1S/C15H14N2O4/c18-15(19)12-3-1-2-11(17-12)9-16-10-4-5-13-14(8-10)21-7-6-20-13/h1-5,8,16H,6-7,9H2,(H,18,19). The molecule has 1 aromatic heterocycles. The van der Waals surface area contributed by atoms with Crippen molar-refractivity contribution in [3.63, 3.8) is 0 Å². The van der Waals surface area contributed by atoms with Crippen LogP contribution in [0.5, 0.6) is 11.5 Å². The van der Waals surface area contributed by atoms with Gasteiger partial charge in [-0.2, -0.15) is 0 Å². The fourth-order valence-corrected chi connectivity index (χ4v) is 2.04. The second kappa shape index (κ2) is 5.70. The van der Waals surface area contributed by atoms with Crippen LogP contribution < -0.4 is 14.8 Å². The van der Waals surface area contributed by atoms with Crippen molar-refractivity contribution in [2.45, 2.75) is 6.54 Å². The highest BCUT2D eigenvalue weighted by Gasteiger charge is 2.11. The second-order valence-electron chi connectivity index (χ2n) is 4.53. The molecule has 0 fully saturated rings. The lowest BCUT2D eigenvalue weighted by atomic mass is 10.2. The van der Waals surface area contributed by atoms with Gasteiger partial charge in [0.15, 0.2) is 11.5 Å². The maximum Gasteiger partial charge on any atom is 0.354 e. The Kier molecular flexibility index (Phi) is 3.59. The van der Waals surface area contributed by atoms with Crippen molar-refractivity contribution in [2.24, 2.45) is 0 Å². The molecule has 0 atom stereocenters. The number of hydrogen-bond acceptors (Lipinski definition) is 5. The number of fused-ring (bicyclic) bond motifs is 1. The van der Waals surface area contributed by atoms with Crippen LogP contribution in [0.3, 0.4) is 0 Å². The van der Waals surface area contributed by atoms with E-state index in [0.29, 0.717) is 31.2 Å². The van der Waals surface area contributed by atoms with Gasteiger partial charge in [0.1, 0.15) is 18.9 Å². The molecule has 0 spiro atoms. The van der Waals surface area contributed by atoms with Crippen molar-refractivity contribution in [3.05, 3.63) is 47.8 Å². The quantitative estimate of drug-likeness (QED) is 0.896. The van der Waals surface area contributed by atoms with Crippen LogP contribution >= 0.6 is 0 Å². The third-order valence-corrected chi connectivity index (χ3v) is 3.04. The number of aromatic carboxylic acids is 1. The number of anilines is 1. The normalized spacial score (nSPS) is 12.8. The molecule has 1 aliphatic rings. The number of hydrogen-bond donors (Lipinski definition) is 2. The molecular formula is C15H14N2O4. The van der Waals surface area contributed by atoms with Crippen molar-refractivity contribution in [3.8, 4) is 11.5 Å². The summed E-state index contributed by atoms with van der Waals surface area (Å²) in [4.78, 5) is 14.9. The molecule has 2 aromatic rings. The van der Waals surface area contributed by atoms with Crippen molar-refractivity contribution in [2.75, 3.05) is 18.5 Å². The van der Waals surface area contributed by atoms with Gasteiger partial charge in [0.2, 0.25) is 0 Å². The Hall–Kier alpha value is -2.76. The Morgan fingerprint density at radius 2 is 2.00 bits per heavy atom. The SMILES string of the molecule is O=C(O)c1cccc(CNc2ccc3c(c2)OCCO3)n1. The van der Waals surface area contributed by atoms with Gasteiger partial charge in [-0.25, -0.2) is 9.78 Å². The van der Waals surface area contributed by atoms with Gasteiger partial charge in [-0.05, 0) is 24.3 Å². The Morgan fingerprint density at radius 3 is 2.81 bits per heavy atom. The second-order valence-corrected chi connectivity index (χ2v) is 4.53. The first-order chi connectivity index (χ1) is 10.2. The van der Waals surface area contributed by atoms with Crippen LogP contribution in [0, 0.1) is 0 Å². The van der Waals surface area contributed by atoms with Gasteiger partial charge in [-0.3, -0.25) is 0 Å². The molecular weight excluding hydrogens is 272 g/mol. The van der Waals surface area contributed by atoms with E-state index in [1.165, 1.54) is 6.07 Å². The minimum absolute atomic E-state index is 0.0384. The van der Waals surface area contributed by atoms with Crippen molar-refractivity contribution in [1.29, 1.82) is 0 Å². The molecule has 0 aliphatic carbocycles. The molecule has 0 bridgehead atoms. The smallest absolute Gasteiger partial charge is 0.354 e. The summed E-state index contributed by atoms with van der Waals surface area (Å²) < 4.78 is 11.0. The van der Waals surface area contributed by atoms with Gasteiger partial charge in [0, 0.05) is 11.8 Å². The van der Waals surface area contributed by atoms with Gasteiger partial charge in [-0.1, -0.05) is 6.07 Å². The summed E-state index contributed by atoms with van der Waals surface area (Å²) in [6.45, 7) is 1.53. The summed E-state index contributed by atoms with van der Waals surface area (Å²) in [6.07, 6.45) is 0. The molecule has 21 heavy (non-hydrogen) atoms. The zero-order valence-corrected chi connectivity index (χ0v) is 11.2. The summed E-state index contributed by atoms with van der Waals surface area (Å²) in [6, 6.07) is 10.5. The zero-order chi connectivity index (χ0) is 14.7. The first kappa shape index (κ1) is 13.2.